The summed E-state index contributed by atoms with van der Waals surface area (Å²) >= 11 is 0. The van der Waals surface area contributed by atoms with Crippen molar-refractivity contribution >= 4 is 17.7 Å². The van der Waals surface area contributed by atoms with Crippen molar-refractivity contribution in [3.05, 3.63) is 41.7 Å². The lowest BCUT2D eigenvalue weighted by molar-refractivity contribution is 0.394. The van der Waals surface area contributed by atoms with Gasteiger partial charge < -0.3 is 9.47 Å². The highest BCUT2D eigenvalue weighted by Crippen LogP contribution is 2.23. The van der Waals surface area contributed by atoms with Gasteiger partial charge >= 0.3 is 0 Å². The van der Waals surface area contributed by atoms with Gasteiger partial charge in [-0.3, -0.25) is 5.43 Å². The van der Waals surface area contributed by atoms with Crippen LogP contribution in [0.15, 0.2) is 35.4 Å². The molecule has 0 saturated carbocycles. The minimum atomic E-state index is 0.587. The topological polar surface area (TPSA) is 85.9 Å². The normalized spacial score (nSPS) is 11.1. The van der Waals surface area contributed by atoms with Crippen molar-refractivity contribution in [2.24, 2.45) is 5.10 Å². The fraction of sp³-hybridized carbons (Fsp3) is 0.200. The minimum absolute atomic E-state index is 0.587. The Kier molecular flexibility index (Phi) is 4.05. The molecule has 0 aliphatic rings. The van der Waals surface area contributed by atoms with Crippen LogP contribution < -0.4 is 14.9 Å². The minimum Gasteiger partial charge on any atom is -0.497 e. The van der Waals surface area contributed by atoms with Crippen molar-refractivity contribution < 1.29 is 9.47 Å². The van der Waals surface area contributed by atoms with Gasteiger partial charge in [-0.25, -0.2) is 0 Å². The summed E-state index contributed by atoms with van der Waals surface area (Å²) in [7, 11) is 3.21. The molecule has 0 spiro atoms. The van der Waals surface area contributed by atoms with Crippen LogP contribution in [0.25, 0.3) is 5.65 Å². The first-order valence-electron chi connectivity index (χ1n) is 6.91. The number of rotatable bonds is 5. The van der Waals surface area contributed by atoms with Crippen molar-refractivity contribution in [1.29, 1.82) is 0 Å². The number of methoxy groups -OCH3 is 2. The van der Waals surface area contributed by atoms with Crippen LogP contribution in [0.4, 0.5) is 5.82 Å². The van der Waals surface area contributed by atoms with Crippen LogP contribution in [0.2, 0.25) is 0 Å². The molecule has 0 amide bonds. The van der Waals surface area contributed by atoms with Gasteiger partial charge in [0.2, 0.25) is 0 Å². The van der Waals surface area contributed by atoms with Gasteiger partial charge in [0.15, 0.2) is 17.3 Å². The summed E-state index contributed by atoms with van der Waals surface area (Å²) in [5, 5.41) is 16.5. The summed E-state index contributed by atoms with van der Waals surface area (Å²) in [6, 6.07) is 9.11. The molecule has 0 aliphatic heterocycles. The van der Waals surface area contributed by atoms with Gasteiger partial charge in [-0.2, -0.15) is 9.62 Å². The molecule has 0 bridgehead atoms. The van der Waals surface area contributed by atoms with E-state index in [0.29, 0.717) is 23.0 Å². The molecule has 23 heavy (non-hydrogen) atoms. The smallest absolute Gasteiger partial charge is 0.178 e. The van der Waals surface area contributed by atoms with Crippen molar-refractivity contribution in [3.63, 3.8) is 0 Å². The molecule has 0 fully saturated rings. The molecule has 3 rings (SSSR count). The number of aromatic nitrogens is 4. The lowest BCUT2D eigenvalue weighted by atomic mass is 10.2. The quantitative estimate of drug-likeness (QED) is 0.572. The van der Waals surface area contributed by atoms with E-state index in [1.165, 1.54) is 0 Å². The van der Waals surface area contributed by atoms with Gasteiger partial charge in [-0.05, 0) is 31.2 Å². The van der Waals surface area contributed by atoms with E-state index in [-0.39, 0.29) is 0 Å². The Labute approximate surface area is 132 Å². The van der Waals surface area contributed by atoms with E-state index in [0.717, 1.165) is 11.3 Å². The summed E-state index contributed by atoms with van der Waals surface area (Å²) in [4.78, 5) is 0. The first kappa shape index (κ1) is 14.8. The second-order valence-electron chi connectivity index (χ2n) is 4.71. The molecule has 3 aromatic rings. The van der Waals surface area contributed by atoms with Crippen LogP contribution in [0.1, 0.15) is 11.4 Å². The molecule has 0 radical (unpaired) electrons. The summed E-state index contributed by atoms with van der Waals surface area (Å²) in [6.07, 6.45) is 1.66. The number of anilines is 1. The Morgan fingerprint density at radius 3 is 2.78 bits per heavy atom. The predicted molar refractivity (Wildman–Crippen MR) is 86.3 cm³/mol. The third kappa shape index (κ3) is 3.05. The van der Waals surface area contributed by atoms with Gasteiger partial charge in [-0.1, -0.05) is 0 Å². The van der Waals surface area contributed by atoms with Gasteiger partial charge in [0.05, 0.1) is 20.4 Å². The van der Waals surface area contributed by atoms with Crippen LogP contribution in [0, 0.1) is 6.92 Å². The van der Waals surface area contributed by atoms with Crippen LogP contribution in [-0.2, 0) is 0 Å². The number of hydrogen-bond donors (Lipinski definition) is 1. The summed E-state index contributed by atoms with van der Waals surface area (Å²) in [6.45, 7) is 1.84. The fourth-order valence-corrected chi connectivity index (χ4v) is 2.05. The Balaban J connectivity index is 1.78. The van der Waals surface area contributed by atoms with Crippen LogP contribution in [0.3, 0.4) is 0 Å². The van der Waals surface area contributed by atoms with E-state index in [4.69, 9.17) is 9.47 Å². The average molecular weight is 312 g/mol. The van der Waals surface area contributed by atoms with Crippen molar-refractivity contribution in [1.82, 2.24) is 19.8 Å². The van der Waals surface area contributed by atoms with Gasteiger partial charge in [0.1, 0.15) is 11.5 Å². The molecule has 1 N–H and O–H groups in total. The van der Waals surface area contributed by atoms with E-state index in [1.807, 2.05) is 25.1 Å². The summed E-state index contributed by atoms with van der Waals surface area (Å²) in [5.74, 6) is 2.70. The largest absolute Gasteiger partial charge is 0.497 e. The van der Waals surface area contributed by atoms with E-state index < -0.39 is 0 Å². The molecular formula is C15H16N6O2. The van der Waals surface area contributed by atoms with Gasteiger partial charge in [-0.15, -0.1) is 15.3 Å². The fourth-order valence-electron chi connectivity index (χ4n) is 2.05. The van der Waals surface area contributed by atoms with E-state index in [9.17, 15) is 0 Å². The highest BCUT2D eigenvalue weighted by molar-refractivity contribution is 5.84. The van der Waals surface area contributed by atoms with E-state index in [1.54, 1.807) is 37.1 Å². The predicted octanol–water partition coefficient (Wildman–Crippen LogP) is 1.90. The average Bonchev–Trinajstić information content (AvgIpc) is 2.96. The number of aryl methyl sites for hydroxylation is 1. The number of nitrogens with zero attached hydrogens (tertiary/aromatic N) is 5. The zero-order chi connectivity index (χ0) is 16.2. The number of hydrazone groups is 1. The molecule has 0 unspecified atom stereocenters. The molecule has 0 aliphatic carbocycles. The lowest BCUT2D eigenvalue weighted by Crippen LogP contribution is -2.00. The Hall–Kier alpha value is -3.16. The highest BCUT2D eigenvalue weighted by atomic mass is 16.5. The summed E-state index contributed by atoms with van der Waals surface area (Å²) < 4.78 is 12.1. The molecule has 8 nitrogen and oxygen atoms in total. The molecule has 118 valence electrons. The molecule has 2 aromatic heterocycles. The molecule has 2 heterocycles. The van der Waals surface area contributed by atoms with E-state index >= 15 is 0 Å². The molecule has 0 atom stereocenters. The Bertz CT molecular complexity index is 858. The van der Waals surface area contributed by atoms with Crippen LogP contribution in [-0.4, -0.2) is 40.2 Å². The zero-order valence-corrected chi connectivity index (χ0v) is 13.0. The maximum Gasteiger partial charge on any atom is 0.178 e. The maximum atomic E-state index is 5.32. The molecule has 8 heteroatoms. The maximum absolute atomic E-state index is 5.32. The van der Waals surface area contributed by atoms with Crippen molar-refractivity contribution in [3.8, 4) is 11.5 Å². The standard InChI is InChI=1S/C15H16N6O2/c1-10-17-19-15-7-6-14(20-21(10)15)18-16-9-11-4-5-12(22-2)8-13(11)23-3/h4-9H,1-3H3,(H,18,20)/b16-9+. The monoisotopic (exact) mass is 312 g/mol. The van der Waals surface area contributed by atoms with Gasteiger partial charge in [0, 0.05) is 11.6 Å². The van der Waals surface area contributed by atoms with Crippen LogP contribution in [0.5, 0.6) is 11.5 Å². The molecular weight excluding hydrogens is 296 g/mol. The Morgan fingerprint density at radius 2 is 2.00 bits per heavy atom. The number of benzene rings is 1. The number of hydrogen-bond acceptors (Lipinski definition) is 7. The van der Waals surface area contributed by atoms with Gasteiger partial charge in [0.25, 0.3) is 0 Å². The Morgan fingerprint density at radius 1 is 1.13 bits per heavy atom. The second kappa shape index (κ2) is 6.30. The highest BCUT2D eigenvalue weighted by Gasteiger charge is 2.04. The molecule has 0 saturated heterocycles. The molecule has 1 aromatic carbocycles. The lowest BCUT2D eigenvalue weighted by Gasteiger charge is -2.07. The summed E-state index contributed by atoms with van der Waals surface area (Å²) in [5.41, 5.74) is 4.39. The van der Waals surface area contributed by atoms with E-state index in [2.05, 4.69) is 25.8 Å². The number of fused-ring (bicyclic) bond motifs is 1. The van der Waals surface area contributed by atoms with Crippen molar-refractivity contribution in [2.75, 3.05) is 19.6 Å². The first-order valence-corrected chi connectivity index (χ1v) is 6.91. The third-order valence-corrected chi connectivity index (χ3v) is 3.24. The zero-order valence-electron chi connectivity index (χ0n) is 13.0. The van der Waals surface area contributed by atoms with Crippen LogP contribution >= 0.6 is 0 Å². The third-order valence-electron chi connectivity index (χ3n) is 3.24. The van der Waals surface area contributed by atoms with Crippen molar-refractivity contribution in [2.45, 2.75) is 6.92 Å². The number of nitrogens with one attached hydrogen (secondary N) is 1. The number of ether oxygens (including phenoxy) is 2. The second-order valence-corrected chi connectivity index (χ2v) is 4.71. The SMILES string of the molecule is COc1ccc(/C=N/Nc2ccc3nnc(C)n3n2)c(OC)c1. The first-order chi connectivity index (χ1) is 11.2.